The van der Waals surface area contributed by atoms with E-state index in [2.05, 4.69) is 10.9 Å². The number of ether oxygens (including phenoxy) is 3. The average molecular weight is 408 g/mol. The number of fused-ring (bicyclic) bond motifs is 1. The van der Waals surface area contributed by atoms with Gasteiger partial charge >= 0.3 is 0 Å². The molecule has 3 aromatic carbocycles. The molecule has 0 bridgehead atoms. The minimum absolute atomic E-state index is 0.0273. The third-order valence-electron chi connectivity index (χ3n) is 4.19. The molecule has 2 amide bonds. The van der Waals surface area contributed by atoms with E-state index in [4.69, 9.17) is 14.2 Å². The Morgan fingerprint density at radius 3 is 2.40 bits per heavy atom. The van der Waals surface area contributed by atoms with Gasteiger partial charge in [-0.1, -0.05) is 30.3 Å². The summed E-state index contributed by atoms with van der Waals surface area (Å²) in [7, 11) is 1.50. The second-order valence-electron chi connectivity index (χ2n) is 6.83. The standard InChI is InChI=1S/C23H24N2O5/c1-15(2)30-20-11-9-18(13-21(20)28-3)23(27)25-24-22(26)14-29-19-10-8-16-6-4-5-7-17(16)12-19/h4-13,15H,14H2,1-3H3,(H,24,26)(H,25,27). The third kappa shape index (κ3) is 5.41. The second-order valence-corrected chi connectivity index (χ2v) is 6.83. The Morgan fingerprint density at radius 1 is 0.900 bits per heavy atom. The molecular formula is C23H24N2O5. The third-order valence-corrected chi connectivity index (χ3v) is 4.19. The molecule has 0 atom stereocenters. The van der Waals surface area contributed by atoms with Crippen molar-refractivity contribution < 1.29 is 23.8 Å². The smallest absolute Gasteiger partial charge is 0.276 e. The van der Waals surface area contributed by atoms with Gasteiger partial charge in [0.15, 0.2) is 18.1 Å². The van der Waals surface area contributed by atoms with Gasteiger partial charge in [0.05, 0.1) is 13.2 Å². The van der Waals surface area contributed by atoms with Gasteiger partial charge in [0.2, 0.25) is 0 Å². The fourth-order valence-electron chi connectivity index (χ4n) is 2.80. The lowest BCUT2D eigenvalue weighted by Gasteiger charge is -2.14. The van der Waals surface area contributed by atoms with Crippen LogP contribution in [-0.2, 0) is 4.79 Å². The highest BCUT2D eigenvalue weighted by atomic mass is 16.5. The van der Waals surface area contributed by atoms with Gasteiger partial charge < -0.3 is 14.2 Å². The highest BCUT2D eigenvalue weighted by Crippen LogP contribution is 2.28. The van der Waals surface area contributed by atoms with Crippen LogP contribution >= 0.6 is 0 Å². The molecule has 0 saturated heterocycles. The quantitative estimate of drug-likeness (QED) is 0.585. The maximum Gasteiger partial charge on any atom is 0.276 e. The van der Waals surface area contributed by atoms with Gasteiger partial charge in [0, 0.05) is 5.56 Å². The number of hydrazine groups is 1. The van der Waals surface area contributed by atoms with Gasteiger partial charge in [-0.05, 0) is 55.0 Å². The summed E-state index contributed by atoms with van der Waals surface area (Å²) in [5.41, 5.74) is 5.02. The van der Waals surface area contributed by atoms with Crippen LogP contribution in [0.2, 0.25) is 0 Å². The zero-order chi connectivity index (χ0) is 21.5. The van der Waals surface area contributed by atoms with Crippen molar-refractivity contribution >= 4 is 22.6 Å². The molecule has 7 nitrogen and oxygen atoms in total. The molecule has 7 heteroatoms. The molecule has 0 fully saturated rings. The molecule has 0 aliphatic heterocycles. The van der Waals surface area contributed by atoms with Gasteiger partial charge in [-0.2, -0.15) is 0 Å². The lowest BCUT2D eigenvalue weighted by molar-refractivity contribution is -0.123. The topological polar surface area (TPSA) is 85.9 Å². The van der Waals surface area contributed by atoms with Crippen molar-refractivity contribution in [2.45, 2.75) is 20.0 Å². The molecule has 0 spiro atoms. The van der Waals surface area contributed by atoms with Crippen LogP contribution in [0.1, 0.15) is 24.2 Å². The summed E-state index contributed by atoms with van der Waals surface area (Å²) in [6.45, 7) is 3.56. The summed E-state index contributed by atoms with van der Waals surface area (Å²) in [5, 5.41) is 2.10. The lowest BCUT2D eigenvalue weighted by Crippen LogP contribution is -2.43. The zero-order valence-electron chi connectivity index (χ0n) is 17.1. The van der Waals surface area contributed by atoms with Crippen molar-refractivity contribution in [1.29, 1.82) is 0 Å². The number of benzene rings is 3. The van der Waals surface area contributed by atoms with Crippen LogP contribution in [0.15, 0.2) is 60.7 Å². The average Bonchev–Trinajstić information content (AvgIpc) is 2.75. The van der Waals surface area contributed by atoms with Gasteiger partial charge in [-0.15, -0.1) is 0 Å². The Labute approximate surface area is 174 Å². The number of carbonyl (C=O) groups is 2. The maximum atomic E-state index is 12.3. The monoisotopic (exact) mass is 408 g/mol. The van der Waals surface area contributed by atoms with E-state index in [1.54, 1.807) is 24.3 Å². The van der Waals surface area contributed by atoms with E-state index in [9.17, 15) is 9.59 Å². The first-order valence-corrected chi connectivity index (χ1v) is 9.51. The van der Waals surface area contributed by atoms with Crippen LogP contribution in [0.3, 0.4) is 0 Å². The predicted octanol–water partition coefficient (Wildman–Crippen LogP) is 3.48. The van der Waals surface area contributed by atoms with Crippen LogP contribution in [0.25, 0.3) is 10.8 Å². The van der Waals surface area contributed by atoms with Crippen LogP contribution in [0.4, 0.5) is 0 Å². The summed E-state index contributed by atoms with van der Waals surface area (Å²) in [6.07, 6.45) is -0.0273. The molecule has 156 valence electrons. The number of carbonyl (C=O) groups excluding carboxylic acids is 2. The molecule has 0 heterocycles. The molecule has 3 rings (SSSR count). The normalized spacial score (nSPS) is 10.5. The fraction of sp³-hybridized carbons (Fsp3) is 0.217. The predicted molar refractivity (Wildman–Crippen MR) is 114 cm³/mol. The maximum absolute atomic E-state index is 12.3. The largest absolute Gasteiger partial charge is 0.493 e. The number of nitrogens with one attached hydrogen (secondary N) is 2. The summed E-state index contributed by atoms with van der Waals surface area (Å²) in [5.74, 6) is 0.575. The van der Waals surface area contributed by atoms with Crippen molar-refractivity contribution in [2.24, 2.45) is 0 Å². The van der Waals surface area contributed by atoms with E-state index in [-0.39, 0.29) is 12.7 Å². The molecule has 0 aliphatic rings. The number of methoxy groups -OCH3 is 1. The van der Waals surface area contributed by atoms with Gasteiger partial charge in [-0.25, -0.2) is 0 Å². The molecule has 30 heavy (non-hydrogen) atoms. The first kappa shape index (κ1) is 21.0. The second kappa shape index (κ2) is 9.65. The van der Waals surface area contributed by atoms with Crippen LogP contribution in [0.5, 0.6) is 17.2 Å². The fourth-order valence-corrected chi connectivity index (χ4v) is 2.80. The van der Waals surface area contributed by atoms with Crippen molar-refractivity contribution in [3.63, 3.8) is 0 Å². The SMILES string of the molecule is COc1cc(C(=O)NNC(=O)COc2ccc3ccccc3c2)ccc1OC(C)C. The van der Waals surface area contributed by atoms with Crippen molar-refractivity contribution in [2.75, 3.05) is 13.7 Å². The van der Waals surface area contributed by atoms with Gasteiger partial charge in [-0.3, -0.25) is 20.4 Å². The highest BCUT2D eigenvalue weighted by Gasteiger charge is 2.13. The molecule has 0 aliphatic carbocycles. The highest BCUT2D eigenvalue weighted by molar-refractivity contribution is 5.96. The Bertz CT molecular complexity index is 1050. The van der Waals surface area contributed by atoms with E-state index in [1.165, 1.54) is 7.11 Å². The Balaban J connectivity index is 1.53. The van der Waals surface area contributed by atoms with Crippen LogP contribution in [0, 0.1) is 0 Å². The van der Waals surface area contributed by atoms with Crippen LogP contribution in [-0.4, -0.2) is 31.6 Å². The van der Waals surface area contributed by atoms with Crippen LogP contribution < -0.4 is 25.1 Å². The molecule has 0 radical (unpaired) electrons. The summed E-state index contributed by atoms with van der Waals surface area (Å²) in [6, 6.07) is 18.2. The lowest BCUT2D eigenvalue weighted by atomic mass is 10.1. The van der Waals surface area contributed by atoms with Crippen molar-refractivity contribution in [1.82, 2.24) is 10.9 Å². The Kier molecular flexibility index (Phi) is 6.75. The number of rotatable bonds is 7. The molecule has 0 saturated carbocycles. The molecule has 0 unspecified atom stereocenters. The summed E-state index contributed by atoms with van der Waals surface area (Å²) < 4.78 is 16.4. The summed E-state index contributed by atoms with van der Waals surface area (Å²) in [4.78, 5) is 24.3. The molecule has 2 N–H and O–H groups in total. The molecule has 3 aromatic rings. The first-order chi connectivity index (χ1) is 14.5. The van der Waals surface area contributed by atoms with Gasteiger partial charge in [0.25, 0.3) is 11.8 Å². The minimum atomic E-state index is -0.483. The Hall–Kier alpha value is -3.74. The van der Waals surface area contributed by atoms with Crippen molar-refractivity contribution in [3.8, 4) is 17.2 Å². The van der Waals surface area contributed by atoms with E-state index in [1.807, 2.05) is 50.2 Å². The number of amides is 2. The van der Waals surface area contributed by atoms with Crippen molar-refractivity contribution in [3.05, 3.63) is 66.2 Å². The minimum Gasteiger partial charge on any atom is -0.493 e. The van der Waals surface area contributed by atoms with E-state index in [0.29, 0.717) is 22.8 Å². The van der Waals surface area contributed by atoms with Gasteiger partial charge in [0.1, 0.15) is 5.75 Å². The Morgan fingerprint density at radius 2 is 1.67 bits per heavy atom. The van der Waals surface area contributed by atoms with E-state index < -0.39 is 11.8 Å². The zero-order valence-corrected chi connectivity index (χ0v) is 17.1. The molecular weight excluding hydrogens is 384 g/mol. The van der Waals surface area contributed by atoms with E-state index in [0.717, 1.165) is 10.8 Å². The summed E-state index contributed by atoms with van der Waals surface area (Å²) >= 11 is 0. The number of hydrogen-bond donors (Lipinski definition) is 2. The first-order valence-electron chi connectivity index (χ1n) is 9.51. The van der Waals surface area contributed by atoms with E-state index >= 15 is 0 Å². The molecule has 0 aromatic heterocycles. The number of hydrogen-bond acceptors (Lipinski definition) is 5.